The minimum atomic E-state index is -0.228. The van der Waals surface area contributed by atoms with E-state index in [1.165, 1.54) is 17.7 Å². The van der Waals surface area contributed by atoms with Crippen LogP contribution in [0.5, 0.6) is 5.75 Å². The number of guanidine groups is 1. The van der Waals surface area contributed by atoms with Gasteiger partial charge in [-0.15, -0.1) is 0 Å². The van der Waals surface area contributed by atoms with Crippen molar-refractivity contribution in [1.82, 2.24) is 10.6 Å². The second kappa shape index (κ2) is 9.55. The van der Waals surface area contributed by atoms with Crippen molar-refractivity contribution in [2.24, 2.45) is 4.99 Å². The highest BCUT2D eigenvalue weighted by Crippen LogP contribution is 2.17. The van der Waals surface area contributed by atoms with E-state index in [0.717, 1.165) is 24.3 Å². The average Bonchev–Trinajstić information content (AvgIpc) is 2.61. The number of para-hydroxylation sites is 1. The normalized spacial score (nSPS) is 11.2. The second-order valence-electron chi connectivity index (χ2n) is 5.27. The van der Waals surface area contributed by atoms with E-state index in [-0.39, 0.29) is 5.82 Å². The van der Waals surface area contributed by atoms with Gasteiger partial charge in [-0.1, -0.05) is 30.3 Å². The van der Waals surface area contributed by atoms with Crippen LogP contribution >= 0.6 is 0 Å². The van der Waals surface area contributed by atoms with Crippen molar-refractivity contribution in [2.45, 2.75) is 19.9 Å². The van der Waals surface area contributed by atoms with Crippen molar-refractivity contribution in [2.75, 3.05) is 20.2 Å². The molecule has 0 saturated carbocycles. The molecule has 0 fully saturated rings. The standard InChI is InChI=1S/C19H24FN3O/c1-3-24-18-7-5-4-6-16(18)12-13-22-19(21-2)23-14-15-8-10-17(20)11-9-15/h4-11H,3,12-14H2,1-2H3,(H2,21,22,23). The molecule has 0 atom stereocenters. The van der Waals surface area contributed by atoms with E-state index >= 15 is 0 Å². The molecule has 0 aliphatic heterocycles. The van der Waals surface area contributed by atoms with E-state index in [2.05, 4.69) is 21.7 Å². The highest BCUT2D eigenvalue weighted by molar-refractivity contribution is 5.79. The zero-order chi connectivity index (χ0) is 17.2. The monoisotopic (exact) mass is 329 g/mol. The lowest BCUT2D eigenvalue weighted by Gasteiger charge is -2.13. The molecule has 0 aliphatic rings. The van der Waals surface area contributed by atoms with Gasteiger partial charge < -0.3 is 15.4 Å². The van der Waals surface area contributed by atoms with Gasteiger partial charge in [0.1, 0.15) is 11.6 Å². The summed E-state index contributed by atoms with van der Waals surface area (Å²) in [7, 11) is 1.73. The molecule has 0 unspecified atom stereocenters. The van der Waals surface area contributed by atoms with Gasteiger partial charge >= 0.3 is 0 Å². The first-order chi connectivity index (χ1) is 11.7. The van der Waals surface area contributed by atoms with Gasteiger partial charge in [0.25, 0.3) is 0 Å². The van der Waals surface area contributed by atoms with Crippen LogP contribution in [0, 0.1) is 5.82 Å². The molecule has 2 N–H and O–H groups in total. The fourth-order valence-electron chi connectivity index (χ4n) is 2.33. The predicted molar refractivity (Wildman–Crippen MR) is 95.9 cm³/mol. The van der Waals surface area contributed by atoms with Gasteiger partial charge in [0.15, 0.2) is 5.96 Å². The Morgan fingerprint density at radius 3 is 2.54 bits per heavy atom. The Balaban J connectivity index is 1.80. The Bertz CT molecular complexity index is 656. The fourth-order valence-corrected chi connectivity index (χ4v) is 2.33. The Kier molecular flexibility index (Phi) is 7.08. The van der Waals surface area contributed by atoms with E-state index in [1.807, 2.05) is 25.1 Å². The minimum Gasteiger partial charge on any atom is -0.494 e. The Morgan fingerprint density at radius 1 is 1.08 bits per heavy atom. The first kappa shape index (κ1) is 17.8. The van der Waals surface area contributed by atoms with Gasteiger partial charge in [-0.3, -0.25) is 4.99 Å². The second-order valence-corrected chi connectivity index (χ2v) is 5.27. The van der Waals surface area contributed by atoms with E-state index in [1.54, 1.807) is 19.2 Å². The number of benzene rings is 2. The topological polar surface area (TPSA) is 45.6 Å². The molecule has 0 radical (unpaired) electrons. The molecular weight excluding hydrogens is 305 g/mol. The van der Waals surface area contributed by atoms with Crippen LogP contribution in [-0.4, -0.2) is 26.2 Å². The summed E-state index contributed by atoms with van der Waals surface area (Å²) >= 11 is 0. The van der Waals surface area contributed by atoms with E-state index in [4.69, 9.17) is 4.74 Å². The molecule has 0 bridgehead atoms. The smallest absolute Gasteiger partial charge is 0.191 e. The Morgan fingerprint density at radius 2 is 1.83 bits per heavy atom. The molecule has 0 saturated heterocycles. The van der Waals surface area contributed by atoms with Crippen LogP contribution in [0.15, 0.2) is 53.5 Å². The third-order valence-electron chi connectivity index (χ3n) is 3.56. The Labute approximate surface area is 142 Å². The third-order valence-corrected chi connectivity index (χ3v) is 3.56. The number of halogens is 1. The van der Waals surface area contributed by atoms with Crippen LogP contribution < -0.4 is 15.4 Å². The quantitative estimate of drug-likeness (QED) is 0.606. The fraction of sp³-hybridized carbons (Fsp3) is 0.316. The zero-order valence-electron chi connectivity index (χ0n) is 14.2. The van der Waals surface area contributed by atoms with E-state index in [0.29, 0.717) is 19.1 Å². The van der Waals surface area contributed by atoms with Crippen molar-refractivity contribution in [1.29, 1.82) is 0 Å². The van der Waals surface area contributed by atoms with Gasteiger partial charge in [-0.05, 0) is 42.7 Å². The van der Waals surface area contributed by atoms with Gasteiger partial charge in [0.05, 0.1) is 6.61 Å². The predicted octanol–water partition coefficient (Wildman–Crippen LogP) is 3.13. The summed E-state index contributed by atoms with van der Waals surface area (Å²) in [6, 6.07) is 14.5. The average molecular weight is 329 g/mol. The zero-order valence-corrected chi connectivity index (χ0v) is 14.2. The molecule has 2 rings (SSSR count). The van der Waals surface area contributed by atoms with Crippen molar-refractivity contribution >= 4 is 5.96 Å². The van der Waals surface area contributed by atoms with Crippen molar-refractivity contribution in [3.8, 4) is 5.75 Å². The van der Waals surface area contributed by atoms with Crippen LogP contribution in [0.3, 0.4) is 0 Å². The lowest BCUT2D eigenvalue weighted by Crippen LogP contribution is -2.37. The van der Waals surface area contributed by atoms with Crippen LogP contribution in [0.1, 0.15) is 18.1 Å². The maximum absolute atomic E-state index is 12.9. The molecule has 5 heteroatoms. The molecule has 0 aliphatic carbocycles. The number of ether oxygens (including phenoxy) is 1. The summed E-state index contributed by atoms with van der Waals surface area (Å²) in [6.45, 7) is 3.98. The minimum absolute atomic E-state index is 0.228. The molecule has 2 aromatic rings. The number of nitrogens with zero attached hydrogens (tertiary/aromatic N) is 1. The molecule has 0 spiro atoms. The molecule has 128 valence electrons. The van der Waals surface area contributed by atoms with Crippen LogP contribution in [0.4, 0.5) is 4.39 Å². The number of nitrogens with one attached hydrogen (secondary N) is 2. The van der Waals surface area contributed by atoms with Crippen LogP contribution in [0.25, 0.3) is 0 Å². The first-order valence-electron chi connectivity index (χ1n) is 8.12. The van der Waals surface area contributed by atoms with Crippen molar-refractivity contribution in [3.63, 3.8) is 0 Å². The van der Waals surface area contributed by atoms with Gasteiger partial charge in [-0.25, -0.2) is 4.39 Å². The summed E-state index contributed by atoms with van der Waals surface area (Å²) < 4.78 is 18.5. The van der Waals surface area contributed by atoms with Crippen LogP contribution in [0.2, 0.25) is 0 Å². The summed E-state index contributed by atoms with van der Waals surface area (Å²) in [4.78, 5) is 4.20. The summed E-state index contributed by atoms with van der Waals surface area (Å²) in [5.41, 5.74) is 2.17. The first-order valence-corrected chi connectivity index (χ1v) is 8.12. The maximum atomic E-state index is 12.9. The Hall–Kier alpha value is -2.56. The van der Waals surface area contributed by atoms with Gasteiger partial charge in [0.2, 0.25) is 0 Å². The number of hydrogen-bond donors (Lipinski definition) is 2. The number of rotatable bonds is 7. The highest BCUT2D eigenvalue weighted by atomic mass is 19.1. The third kappa shape index (κ3) is 5.57. The van der Waals surface area contributed by atoms with Crippen molar-refractivity contribution in [3.05, 3.63) is 65.5 Å². The summed E-state index contributed by atoms with van der Waals surface area (Å²) in [6.07, 6.45) is 0.841. The highest BCUT2D eigenvalue weighted by Gasteiger charge is 2.03. The molecule has 2 aromatic carbocycles. The lowest BCUT2D eigenvalue weighted by molar-refractivity contribution is 0.336. The summed E-state index contributed by atoms with van der Waals surface area (Å²) in [5, 5.41) is 6.49. The van der Waals surface area contributed by atoms with Gasteiger partial charge in [-0.2, -0.15) is 0 Å². The molecule has 4 nitrogen and oxygen atoms in total. The molecular formula is C19H24FN3O. The number of hydrogen-bond acceptors (Lipinski definition) is 2. The molecule has 0 heterocycles. The van der Waals surface area contributed by atoms with E-state index < -0.39 is 0 Å². The molecule has 24 heavy (non-hydrogen) atoms. The molecule has 0 amide bonds. The van der Waals surface area contributed by atoms with E-state index in [9.17, 15) is 4.39 Å². The number of aliphatic imine (C=N–C) groups is 1. The largest absolute Gasteiger partial charge is 0.494 e. The SMILES string of the molecule is CCOc1ccccc1CCNC(=NC)NCc1ccc(F)cc1. The molecule has 0 aromatic heterocycles. The lowest BCUT2D eigenvalue weighted by atomic mass is 10.1. The maximum Gasteiger partial charge on any atom is 0.191 e. The van der Waals surface area contributed by atoms with Gasteiger partial charge in [0, 0.05) is 20.1 Å². The summed E-state index contributed by atoms with van der Waals surface area (Å²) in [5.74, 6) is 1.42. The van der Waals surface area contributed by atoms with Crippen molar-refractivity contribution < 1.29 is 9.13 Å². The van der Waals surface area contributed by atoms with Crippen LogP contribution in [-0.2, 0) is 13.0 Å².